The van der Waals surface area contributed by atoms with Crippen molar-refractivity contribution < 1.29 is 4.79 Å². The lowest BCUT2D eigenvalue weighted by Crippen LogP contribution is -2.28. The molecule has 1 atom stereocenters. The maximum atomic E-state index is 12.0. The summed E-state index contributed by atoms with van der Waals surface area (Å²) in [5, 5.41) is 12.4. The van der Waals surface area contributed by atoms with Gasteiger partial charge in [0.1, 0.15) is 5.82 Å². The minimum atomic E-state index is -0.250. The molecule has 0 radical (unpaired) electrons. The highest BCUT2D eigenvalue weighted by atomic mass is 16.2. The topological polar surface area (TPSA) is 87.6 Å². The van der Waals surface area contributed by atoms with Crippen LogP contribution in [0.25, 0.3) is 0 Å². The van der Waals surface area contributed by atoms with Crippen molar-refractivity contribution in [2.24, 2.45) is 0 Å². The number of imidazole rings is 1. The van der Waals surface area contributed by atoms with Crippen molar-refractivity contribution in [1.82, 2.24) is 25.1 Å². The van der Waals surface area contributed by atoms with Crippen molar-refractivity contribution in [3.8, 4) is 0 Å². The van der Waals surface area contributed by atoms with Crippen LogP contribution in [-0.2, 0) is 6.54 Å². The molecular formula is C18H22N6O. The third-order valence-electron chi connectivity index (χ3n) is 4.29. The van der Waals surface area contributed by atoms with Crippen molar-refractivity contribution >= 4 is 11.7 Å². The molecule has 3 rings (SSSR count). The number of aromatic nitrogens is 4. The van der Waals surface area contributed by atoms with Crippen molar-refractivity contribution in [2.75, 3.05) is 5.32 Å². The summed E-state index contributed by atoms with van der Waals surface area (Å²) in [4.78, 5) is 16.3. The molecule has 130 valence electrons. The fourth-order valence-electron chi connectivity index (χ4n) is 2.70. The van der Waals surface area contributed by atoms with Crippen molar-refractivity contribution in [1.29, 1.82) is 0 Å². The van der Waals surface area contributed by atoms with Gasteiger partial charge in [0.25, 0.3) is 0 Å². The number of carbonyl (C=O) groups is 1. The van der Waals surface area contributed by atoms with E-state index in [1.807, 2.05) is 44.3 Å². The highest BCUT2D eigenvalue weighted by molar-refractivity contribution is 5.89. The Balaban J connectivity index is 1.58. The third kappa shape index (κ3) is 3.88. The molecule has 0 unspecified atom stereocenters. The number of aryl methyl sites for hydroxylation is 2. The molecule has 2 amide bonds. The van der Waals surface area contributed by atoms with Gasteiger partial charge in [0.2, 0.25) is 0 Å². The van der Waals surface area contributed by atoms with E-state index < -0.39 is 0 Å². The normalized spacial score (nSPS) is 12.0. The van der Waals surface area contributed by atoms with E-state index in [-0.39, 0.29) is 12.1 Å². The van der Waals surface area contributed by atoms with Crippen LogP contribution in [0.4, 0.5) is 10.5 Å². The molecule has 2 aromatic heterocycles. The number of urea groups is 1. The Morgan fingerprint density at radius 1 is 1.28 bits per heavy atom. The van der Waals surface area contributed by atoms with Gasteiger partial charge in [-0.05, 0) is 44.0 Å². The van der Waals surface area contributed by atoms with E-state index in [9.17, 15) is 4.79 Å². The molecule has 1 aromatic carbocycles. The van der Waals surface area contributed by atoms with E-state index in [1.165, 1.54) is 0 Å². The minimum Gasteiger partial charge on any atom is -0.332 e. The molecule has 3 N–H and O–H groups in total. The van der Waals surface area contributed by atoms with Crippen LogP contribution < -0.4 is 10.6 Å². The monoisotopic (exact) mass is 338 g/mol. The Hall–Kier alpha value is -3.09. The molecule has 2 heterocycles. The third-order valence-corrected chi connectivity index (χ3v) is 4.29. The number of nitrogens with zero attached hydrogens (tertiary/aromatic N) is 3. The number of amides is 2. The van der Waals surface area contributed by atoms with E-state index >= 15 is 0 Å². The lowest BCUT2D eigenvalue weighted by Gasteiger charge is -2.16. The number of H-pyrrole nitrogens is 1. The quantitative estimate of drug-likeness (QED) is 0.668. The molecule has 0 fully saturated rings. The average molecular weight is 338 g/mol. The standard InChI is InChI=1S/C18H22N6O/c1-12-10-21-23-17(12)11-20-18(25)22-16-6-4-15(5-7-16)13(2)24-9-8-19-14(24)3/h4-10,13H,11H2,1-3H3,(H,21,23)(H2,20,22,25)/t13-/m0/s1. The molecule has 0 aliphatic rings. The van der Waals surface area contributed by atoms with Crippen LogP contribution in [-0.4, -0.2) is 25.8 Å². The molecule has 0 saturated heterocycles. The van der Waals surface area contributed by atoms with Crippen LogP contribution in [0.2, 0.25) is 0 Å². The number of carbonyl (C=O) groups excluding carboxylic acids is 1. The highest BCUT2D eigenvalue weighted by Gasteiger charge is 2.10. The Bertz CT molecular complexity index is 849. The molecular weight excluding hydrogens is 316 g/mol. The molecule has 0 spiro atoms. The second-order valence-corrected chi connectivity index (χ2v) is 6.02. The summed E-state index contributed by atoms with van der Waals surface area (Å²) in [5.74, 6) is 0.975. The Kier molecular flexibility index (Phi) is 4.83. The summed E-state index contributed by atoms with van der Waals surface area (Å²) in [7, 11) is 0. The Morgan fingerprint density at radius 3 is 2.64 bits per heavy atom. The predicted molar refractivity (Wildman–Crippen MR) is 96.4 cm³/mol. The van der Waals surface area contributed by atoms with Gasteiger partial charge in [0.05, 0.1) is 24.5 Å². The van der Waals surface area contributed by atoms with Crippen LogP contribution in [0.3, 0.4) is 0 Å². The molecule has 0 aliphatic carbocycles. The second-order valence-electron chi connectivity index (χ2n) is 6.02. The van der Waals surface area contributed by atoms with Gasteiger partial charge in [-0.1, -0.05) is 12.1 Å². The van der Waals surface area contributed by atoms with E-state index in [4.69, 9.17) is 0 Å². The van der Waals surface area contributed by atoms with Gasteiger partial charge in [0.15, 0.2) is 0 Å². The first-order chi connectivity index (χ1) is 12.0. The summed E-state index contributed by atoms with van der Waals surface area (Å²) in [6.07, 6.45) is 5.50. The number of rotatable bonds is 5. The van der Waals surface area contributed by atoms with Crippen LogP contribution in [0, 0.1) is 13.8 Å². The molecule has 0 saturated carbocycles. The number of hydrogen-bond donors (Lipinski definition) is 3. The van der Waals surface area contributed by atoms with Crippen LogP contribution in [0.15, 0.2) is 42.9 Å². The van der Waals surface area contributed by atoms with Crippen molar-refractivity contribution in [3.63, 3.8) is 0 Å². The number of hydrogen-bond acceptors (Lipinski definition) is 3. The molecule has 0 aliphatic heterocycles. The zero-order valence-corrected chi connectivity index (χ0v) is 14.6. The van der Waals surface area contributed by atoms with Crippen LogP contribution in [0.5, 0.6) is 0 Å². The van der Waals surface area contributed by atoms with E-state index in [1.54, 1.807) is 12.4 Å². The van der Waals surface area contributed by atoms with Crippen LogP contribution >= 0.6 is 0 Å². The van der Waals surface area contributed by atoms with Gasteiger partial charge in [-0.3, -0.25) is 5.10 Å². The maximum absolute atomic E-state index is 12.0. The predicted octanol–water partition coefficient (Wildman–Crippen LogP) is 3.15. The molecule has 0 bridgehead atoms. The van der Waals surface area contributed by atoms with E-state index in [0.29, 0.717) is 6.54 Å². The number of nitrogens with one attached hydrogen (secondary N) is 3. The zero-order chi connectivity index (χ0) is 17.8. The Labute approximate surface area is 146 Å². The van der Waals surface area contributed by atoms with Crippen LogP contribution in [0.1, 0.15) is 35.6 Å². The molecule has 7 nitrogen and oxygen atoms in total. The SMILES string of the molecule is Cc1cn[nH]c1CNC(=O)Nc1ccc([C@H](C)n2ccnc2C)cc1. The average Bonchev–Trinajstić information content (AvgIpc) is 3.21. The van der Waals surface area contributed by atoms with Crippen molar-refractivity contribution in [2.45, 2.75) is 33.4 Å². The fraction of sp³-hybridized carbons (Fsp3) is 0.278. The summed E-state index contributed by atoms with van der Waals surface area (Å²) in [6.45, 7) is 6.46. The van der Waals surface area contributed by atoms with E-state index in [2.05, 4.69) is 37.3 Å². The van der Waals surface area contributed by atoms with E-state index in [0.717, 1.165) is 28.3 Å². The van der Waals surface area contributed by atoms with Gasteiger partial charge < -0.3 is 15.2 Å². The highest BCUT2D eigenvalue weighted by Crippen LogP contribution is 2.21. The maximum Gasteiger partial charge on any atom is 0.319 e. The second kappa shape index (κ2) is 7.21. The van der Waals surface area contributed by atoms with Crippen molar-refractivity contribution in [3.05, 3.63) is 65.5 Å². The smallest absolute Gasteiger partial charge is 0.319 e. The first-order valence-corrected chi connectivity index (χ1v) is 8.17. The summed E-state index contributed by atoms with van der Waals surface area (Å²) < 4.78 is 2.11. The summed E-state index contributed by atoms with van der Waals surface area (Å²) >= 11 is 0. The fourth-order valence-corrected chi connectivity index (χ4v) is 2.70. The number of anilines is 1. The van der Waals surface area contributed by atoms with Gasteiger partial charge in [0, 0.05) is 18.1 Å². The molecule has 25 heavy (non-hydrogen) atoms. The first-order valence-electron chi connectivity index (χ1n) is 8.17. The van der Waals surface area contributed by atoms with Gasteiger partial charge >= 0.3 is 6.03 Å². The molecule has 7 heteroatoms. The van der Waals surface area contributed by atoms with Gasteiger partial charge in [-0.15, -0.1) is 0 Å². The first kappa shape index (κ1) is 16.8. The zero-order valence-electron chi connectivity index (χ0n) is 14.6. The largest absolute Gasteiger partial charge is 0.332 e. The van der Waals surface area contributed by atoms with Gasteiger partial charge in [-0.25, -0.2) is 9.78 Å². The number of benzene rings is 1. The summed E-state index contributed by atoms with van der Waals surface area (Å²) in [6, 6.07) is 7.77. The summed E-state index contributed by atoms with van der Waals surface area (Å²) in [5.41, 5.74) is 3.82. The Morgan fingerprint density at radius 2 is 2.04 bits per heavy atom. The number of aromatic amines is 1. The van der Waals surface area contributed by atoms with Gasteiger partial charge in [-0.2, -0.15) is 5.10 Å². The minimum absolute atomic E-state index is 0.189. The molecule has 3 aromatic rings. The lowest BCUT2D eigenvalue weighted by atomic mass is 10.1. The lowest BCUT2D eigenvalue weighted by molar-refractivity contribution is 0.251.